The first-order valence-electron chi connectivity index (χ1n) is 7.53. The lowest BCUT2D eigenvalue weighted by atomic mass is 9.88. The second-order valence-electron chi connectivity index (χ2n) is 5.81. The van der Waals surface area contributed by atoms with Crippen LogP contribution in [0.15, 0.2) is 65.8 Å². The van der Waals surface area contributed by atoms with Crippen LogP contribution in [0.2, 0.25) is 0 Å². The predicted molar refractivity (Wildman–Crippen MR) is 102 cm³/mol. The highest BCUT2D eigenvalue weighted by molar-refractivity contribution is 6.66. The molecule has 2 aromatic rings. The van der Waals surface area contributed by atoms with E-state index in [9.17, 15) is 4.79 Å². The summed E-state index contributed by atoms with van der Waals surface area (Å²) in [5.74, 6) is -0.0481. The summed E-state index contributed by atoms with van der Waals surface area (Å²) in [4.78, 5) is 12.5. The van der Waals surface area contributed by atoms with E-state index in [1.54, 1.807) is 30.3 Å². The van der Waals surface area contributed by atoms with Crippen LogP contribution in [0.5, 0.6) is 0 Å². The summed E-state index contributed by atoms with van der Waals surface area (Å²) in [5, 5.41) is 0. The van der Waals surface area contributed by atoms with E-state index >= 15 is 0 Å². The van der Waals surface area contributed by atoms with Gasteiger partial charge < -0.3 is 0 Å². The quantitative estimate of drug-likeness (QED) is 0.342. The smallest absolute Gasteiger partial charge is 0.216 e. The third-order valence-corrected chi connectivity index (χ3v) is 4.77. The minimum atomic E-state index is -1.48. The summed E-state index contributed by atoms with van der Waals surface area (Å²) < 4.78 is -1.48. The van der Waals surface area contributed by atoms with Gasteiger partial charge in [-0.05, 0) is 41.7 Å². The van der Waals surface area contributed by atoms with E-state index in [0.717, 1.165) is 17.6 Å². The van der Waals surface area contributed by atoms with Crippen LogP contribution < -0.4 is 0 Å². The van der Waals surface area contributed by atoms with Crippen LogP contribution in [0.1, 0.15) is 34.0 Å². The Morgan fingerprint density at radius 1 is 1.04 bits per heavy atom. The number of hydrogen-bond acceptors (Lipinski definition) is 1. The fourth-order valence-corrected chi connectivity index (χ4v) is 3.11. The van der Waals surface area contributed by atoms with Crippen molar-refractivity contribution in [1.29, 1.82) is 0 Å². The SMILES string of the molecule is CC1=Cc2ccccc2CC1=CC(=O)c1ccc(C(Cl)(Cl)Cl)cc1. The Hall–Kier alpha value is -1.54. The number of fused-ring (bicyclic) bond motifs is 1. The molecular formula is C20H15Cl3O. The highest BCUT2D eigenvalue weighted by atomic mass is 35.6. The first-order valence-corrected chi connectivity index (χ1v) is 8.67. The van der Waals surface area contributed by atoms with Gasteiger partial charge in [0.05, 0.1) is 0 Å². The van der Waals surface area contributed by atoms with Crippen molar-refractivity contribution in [3.63, 3.8) is 0 Å². The maximum Gasteiger partial charge on any atom is 0.216 e. The molecule has 0 saturated heterocycles. The van der Waals surface area contributed by atoms with Gasteiger partial charge in [-0.2, -0.15) is 0 Å². The van der Waals surface area contributed by atoms with Crippen molar-refractivity contribution in [3.8, 4) is 0 Å². The van der Waals surface area contributed by atoms with Crippen molar-refractivity contribution in [2.45, 2.75) is 17.1 Å². The highest BCUT2D eigenvalue weighted by Gasteiger charge is 2.22. The van der Waals surface area contributed by atoms with Crippen molar-refractivity contribution in [3.05, 3.63) is 88.0 Å². The number of allylic oxidation sites excluding steroid dienone is 3. The topological polar surface area (TPSA) is 17.1 Å². The molecule has 24 heavy (non-hydrogen) atoms. The number of alkyl halides is 3. The number of rotatable bonds is 2. The monoisotopic (exact) mass is 376 g/mol. The fourth-order valence-electron chi connectivity index (χ4n) is 2.74. The Labute approximate surface area is 156 Å². The minimum Gasteiger partial charge on any atom is -0.289 e. The lowest BCUT2D eigenvalue weighted by Gasteiger charge is -2.17. The zero-order valence-corrected chi connectivity index (χ0v) is 15.3. The lowest BCUT2D eigenvalue weighted by molar-refractivity contribution is 0.104. The zero-order valence-electron chi connectivity index (χ0n) is 13.0. The van der Waals surface area contributed by atoms with Crippen molar-refractivity contribution in [2.24, 2.45) is 0 Å². The van der Waals surface area contributed by atoms with Gasteiger partial charge in [0.15, 0.2) is 5.78 Å². The predicted octanol–water partition coefficient (Wildman–Crippen LogP) is 6.28. The maximum atomic E-state index is 12.5. The summed E-state index contributed by atoms with van der Waals surface area (Å²) in [6, 6.07) is 14.9. The summed E-state index contributed by atoms with van der Waals surface area (Å²) >= 11 is 17.5. The van der Waals surface area contributed by atoms with Crippen LogP contribution >= 0.6 is 34.8 Å². The zero-order chi connectivity index (χ0) is 17.3. The largest absolute Gasteiger partial charge is 0.289 e. The number of carbonyl (C=O) groups is 1. The van der Waals surface area contributed by atoms with E-state index < -0.39 is 3.79 Å². The van der Waals surface area contributed by atoms with Crippen LogP contribution in [0.3, 0.4) is 0 Å². The van der Waals surface area contributed by atoms with Gasteiger partial charge in [0, 0.05) is 11.1 Å². The van der Waals surface area contributed by atoms with Crippen LogP contribution in [0, 0.1) is 0 Å². The van der Waals surface area contributed by atoms with Crippen LogP contribution in [0.25, 0.3) is 6.08 Å². The lowest BCUT2D eigenvalue weighted by Crippen LogP contribution is -2.05. The number of ketones is 1. The number of carbonyl (C=O) groups excluding carboxylic acids is 1. The van der Waals surface area contributed by atoms with Gasteiger partial charge in [-0.25, -0.2) is 0 Å². The standard InChI is InChI=1S/C20H15Cl3O/c1-13-10-15-4-2-3-5-16(15)11-17(13)12-19(24)14-6-8-18(9-7-14)20(21,22)23/h2-10,12H,11H2,1H3. The third kappa shape index (κ3) is 3.75. The Kier molecular flexibility index (Phi) is 4.87. The Balaban J connectivity index is 1.86. The molecule has 0 N–H and O–H groups in total. The van der Waals surface area contributed by atoms with Gasteiger partial charge in [0.1, 0.15) is 0 Å². The molecule has 3 rings (SSSR count). The van der Waals surface area contributed by atoms with Crippen molar-refractivity contribution in [1.82, 2.24) is 0 Å². The highest BCUT2D eigenvalue weighted by Crippen LogP contribution is 2.38. The molecule has 1 aliphatic rings. The molecule has 0 heterocycles. The molecule has 0 fully saturated rings. The molecule has 0 radical (unpaired) electrons. The van der Waals surface area contributed by atoms with E-state index in [0.29, 0.717) is 11.1 Å². The molecule has 1 aliphatic carbocycles. The molecule has 2 aromatic carbocycles. The van der Waals surface area contributed by atoms with Crippen molar-refractivity contribution >= 4 is 46.7 Å². The maximum absolute atomic E-state index is 12.5. The summed E-state index contributed by atoms with van der Waals surface area (Å²) in [6.07, 6.45) is 4.58. The Morgan fingerprint density at radius 3 is 2.38 bits per heavy atom. The minimum absolute atomic E-state index is 0.0481. The fraction of sp³-hybridized carbons (Fsp3) is 0.150. The van der Waals surface area contributed by atoms with E-state index in [-0.39, 0.29) is 5.78 Å². The molecule has 0 bridgehead atoms. The summed E-state index contributed by atoms with van der Waals surface area (Å²) in [7, 11) is 0. The third-order valence-electron chi connectivity index (χ3n) is 4.12. The second-order valence-corrected chi connectivity index (χ2v) is 8.09. The normalized spacial score (nSPS) is 15.8. The number of benzene rings is 2. The molecule has 0 atom stereocenters. The average molecular weight is 378 g/mol. The van der Waals surface area contributed by atoms with Crippen molar-refractivity contribution < 1.29 is 4.79 Å². The number of hydrogen-bond donors (Lipinski definition) is 0. The van der Waals surface area contributed by atoms with E-state index in [2.05, 4.69) is 18.2 Å². The van der Waals surface area contributed by atoms with E-state index in [4.69, 9.17) is 34.8 Å². The molecule has 0 amide bonds. The first kappa shape index (κ1) is 17.3. The number of halogens is 3. The van der Waals surface area contributed by atoms with Gasteiger partial charge in [-0.1, -0.05) is 89.4 Å². The van der Waals surface area contributed by atoms with E-state index in [1.807, 2.05) is 19.1 Å². The molecule has 0 unspecified atom stereocenters. The molecular weight excluding hydrogens is 363 g/mol. The van der Waals surface area contributed by atoms with Crippen LogP contribution in [-0.4, -0.2) is 5.78 Å². The molecule has 0 saturated carbocycles. The molecule has 122 valence electrons. The van der Waals surface area contributed by atoms with Gasteiger partial charge in [-0.3, -0.25) is 4.79 Å². The van der Waals surface area contributed by atoms with Gasteiger partial charge in [0.2, 0.25) is 3.79 Å². The molecule has 0 aliphatic heterocycles. The van der Waals surface area contributed by atoms with Crippen LogP contribution in [0.4, 0.5) is 0 Å². The average Bonchev–Trinajstić information content (AvgIpc) is 2.55. The molecule has 0 aromatic heterocycles. The summed E-state index contributed by atoms with van der Waals surface area (Å²) in [5.41, 5.74) is 5.70. The first-order chi connectivity index (χ1) is 11.3. The van der Waals surface area contributed by atoms with Crippen molar-refractivity contribution in [2.75, 3.05) is 0 Å². The van der Waals surface area contributed by atoms with Crippen LogP contribution in [-0.2, 0) is 10.2 Å². The van der Waals surface area contributed by atoms with Gasteiger partial charge >= 0.3 is 0 Å². The molecule has 4 heteroatoms. The van der Waals surface area contributed by atoms with Gasteiger partial charge in [-0.15, -0.1) is 0 Å². The molecule has 0 spiro atoms. The second kappa shape index (κ2) is 6.76. The molecule has 1 nitrogen and oxygen atoms in total. The van der Waals surface area contributed by atoms with E-state index in [1.165, 1.54) is 11.1 Å². The Bertz CT molecular complexity index is 840. The summed E-state index contributed by atoms with van der Waals surface area (Å²) in [6.45, 7) is 2.03. The van der Waals surface area contributed by atoms with Gasteiger partial charge in [0.25, 0.3) is 0 Å². The Morgan fingerprint density at radius 2 is 1.71 bits per heavy atom.